The minimum Gasteiger partial charge on any atom is -0.504 e. The third-order valence-corrected chi connectivity index (χ3v) is 1.08. The zero-order valence-corrected chi connectivity index (χ0v) is 5.29. The fourth-order valence-corrected chi connectivity index (χ4v) is 0.589. The summed E-state index contributed by atoms with van der Waals surface area (Å²) >= 11 is 0. The average molecular weight is 142 g/mol. The van der Waals surface area contributed by atoms with Crippen molar-refractivity contribution in [2.45, 2.75) is 6.92 Å². The second-order valence-electron chi connectivity index (χ2n) is 1.86. The Morgan fingerprint density at radius 1 is 1.50 bits per heavy atom. The van der Waals surface area contributed by atoms with E-state index in [1.807, 2.05) is 0 Å². The van der Waals surface area contributed by atoms with Gasteiger partial charge >= 0.3 is 5.63 Å². The Morgan fingerprint density at radius 2 is 2.10 bits per heavy atom. The summed E-state index contributed by atoms with van der Waals surface area (Å²) in [5.41, 5.74) is -0.673. The van der Waals surface area contributed by atoms with Crippen molar-refractivity contribution in [3.63, 3.8) is 0 Å². The number of hydrogen-bond acceptors (Lipinski definition) is 4. The molecule has 0 saturated heterocycles. The molecule has 0 bridgehead atoms. The van der Waals surface area contributed by atoms with Crippen molar-refractivity contribution in [1.82, 2.24) is 0 Å². The number of aryl methyl sites for hydroxylation is 1. The molecule has 10 heavy (non-hydrogen) atoms. The van der Waals surface area contributed by atoms with Gasteiger partial charge in [0.25, 0.3) is 0 Å². The van der Waals surface area contributed by atoms with Gasteiger partial charge in [0.1, 0.15) is 0 Å². The van der Waals surface area contributed by atoms with Crippen LogP contribution in [0.4, 0.5) is 0 Å². The van der Waals surface area contributed by atoms with Crippen LogP contribution in [0.2, 0.25) is 0 Å². The van der Waals surface area contributed by atoms with Crippen molar-refractivity contribution < 1.29 is 14.6 Å². The van der Waals surface area contributed by atoms with Gasteiger partial charge in [-0.15, -0.1) is 0 Å². The molecule has 0 aromatic carbocycles. The molecule has 1 heterocycles. The maximum Gasteiger partial charge on any atom is 0.339 e. The highest BCUT2D eigenvalue weighted by atomic mass is 16.4. The van der Waals surface area contributed by atoms with E-state index in [1.54, 1.807) is 0 Å². The topological polar surface area (TPSA) is 70.7 Å². The molecule has 0 aliphatic rings. The Kier molecular flexibility index (Phi) is 1.37. The molecule has 0 atom stereocenters. The van der Waals surface area contributed by atoms with E-state index in [2.05, 4.69) is 4.42 Å². The van der Waals surface area contributed by atoms with Gasteiger partial charge in [0, 0.05) is 0 Å². The first-order chi connectivity index (χ1) is 4.61. The molecule has 1 aromatic rings. The summed E-state index contributed by atoms with van der Waals surface area (Å²) in [6, 6.07) is 0.808. The molecular weight excluding hydrogens is 136 g/mol. The van der Waals surface area contributed by atoms with E-state index < -0.39 is 11.4 Å². The van der Waals surface area contributed by atoms with Crippen molar-refractivity contribution in [3.8, 4) is 11.5 Å². The maximum atomic E-state index is 10.4. The largest absolute Gasteiger partial charge is 0.504 e. The molecule has 1 aromatic heterocycles. The van der Waals surface area contributed by atoms with Crippen molar-refractivity contribution in [1.29, 1.82) is 0 Å². The fraction of sp³-hybridized carbons (Fsp3) is 0.167. The fourth-order valence-electron chi connectivity index (χ4n) is 0.589. The van der Waals surface area contributed by atoms with Crippen LogP contribution in [-0.4, -0.2) is 10.2 Å². The molecule has 0 aliphatic carbocycles. The molecule has 0 aliphatic heterocycles. The van der Waals surface area contributed by atoms with E-state index in [0.717, 1.165) is 6.07 Å². The Morgan fingerprint density at radius 3 is 2.60 bits per heavy atom. The predicted octanol–water partition coefficient (Wildman–Crippen LogP) is 0.359. The lowest BCUT2D eigenvalue weighted by Crippen LogP contribution is -1.96. The van der Waals surface area contributed by atoms with Crippen LogP contribution in [0.3, 0.4) is 0 Å². The molecule has 2 N–H and O–H groups in total. The van der Waals surface area contributed by atoms with E-state index in [0.29, 0.717) is 0 Å². The first-order valence-electron chi connectivity index (χ1n) is 2.64. The number of aromatic hydroxyl groups is 2. The van der Waals surface area contributed by atoms with Gasteiger partial charge in [0.05, 0.1) is 6.07 Å². The molecular formula is C6H6O4. The molecule has 0 saturated carbocycles. The summed E-state index contributed by atoms with van der Waals surface area (Å²) in [6.07, 6.45) is 0. The van der Waals surface area contributed by atoms with Gasteiger partial charge < -0.3 is 14.6 Å². The highest BCUT2D eigenvalue weighted by Crippen LogP contribution is 2.24. The van der Waals surface area contributed by atoms with Crippen molar-refractivity contribution in [2.24, 2.45) is 0 Å². The SMILES string of the molecule is Cc1oc(=O)cc(O)c1O. The summed E-state index contributed by atoms with van der Waals surface area (Å²) < 4.78 is 4.42. The van der Waals surface area contributed by atoms with Crippen LogP contribution < -0.4 is 5.63 Å². The normalized spacial score (nSPS) is 9.70. The van der Waals surface area contributed by atoms with Crippen LogP contribution in [0.5, 0.6) is 11.5 Å². The Labute approximate surface area is 56.4 Å². The van der Waals surface area contributed by atoms with Crippen molar-refractivity contribution >= 4 is 0 Å². The number of hydrogen-bond donors (Lipinski definition) is 2. The van der Waals surface area contributed by atoms with Crippen LogP contribution >= 0.6 is 0 Å². The van der Waals surface area contributed by atoms with Crippen LogP contribution in [0, 0.1) is 6.92 Å². The van der Waals surface area contributed by atoms with Gasteiger partial charge in [-0.05, 0) is 6.92 Å². The van der Waals surface area contributed by atoms with E-state index in [1.165, 1.54) is 6.92 Å². The van der Waals surface area contributed by atoms with E-state index in [9.17, 15) is 4.79 Å². The van der Waals surface area contributed by atoms with Crippen LogP contribution in [-0.2, 0) is 0 Å². The van der Waals surface area contributed by atoms with E-state index in [4.69, 9.17) is 10.2 Å². The third-order valence-electron chi connectivity index (χ3n) is 1.08. The van der Waals surface area contributed by atoms with Gasteiger partial charge in [-0.2, -0.15) is 0 Å². The van der Waals surface area contributed by atoms with Gasteiger partial charge in [-0.3, -0.25) is 0 Å². The highest BCUT2D eigenvalue weighted by Gasteiger charge is 2.04. The highest BCUT2D eigenvalue weighted by molar-refractivity contribution is 5.37. The molecule has 0 spiro atoms. The summed E-state index contributed by atoms with van der Waals surface area (Å²) in [5, 5.41) is 17.6. The molecule has 0 unspecified atom stereocenters. The Hall–Kier alpha value is -1.45. The molecule has 54 valence electrons. The van der Waals surface area contributed by atoms with Crippen LogP contribution in [0.25, 0.3) is 0 Å². The van der Waals surface area contributed by atoms with Crippen molar-refractivity contribution in [3.05, 3.63) is 22.2 Å². The second kappa shape index (κ2) is 2.06. The standard InChI is InChI=1S/C6H6O4/c1-3-6(9)4(7)2-5(8)10-3/h2,7,9H,1H3. The average Bonchev–Trinajstić information content (AvgIpc) is 1.82. The van der Waals surface area contributed by atoms with E-state index >= 15 is 0 Å². The smallest absolute Gasteiger partial charge is 0.339 e. The molecule has 0 fully saturated rings. The van der Waals surface area contributed by atoms with Gasteiger partial charge in [0.15, 0.2) is 17.3 Å². The lowest BCUT2D eigenvalue weighted by molar-refractivity contribution is 0.358. The molecule has 4 heteroatoms. The van der Waals surface area contributed by atoms with Crippen LogP contribution in [0.1, 0.15) is 5.76 Å². The van der Waals surface area contributed by atoms with Crippen molar-refractivity contribution in [2.75, 3.05) is 0 Å². The summed E-state index contributed by atoms with van der Waals surface area (Å²) in [7, 11) is 0. The summed E-state index contributed by atoms with van der Waals surface area (Å²) in [5.74, 6) is -0.821. The van der Waals surface area contributed by atoms with Crippen LogP contribution in [0.15, 0.2) is 15.3 Å². The molecule has 0 radical (unpaired) electrons. The third kappa shape index (κ3) is 0.953. The molecule has 1 rings (SSSR count). The predicted molar refractivity (Wildman–Crippen MR) is 33.0 cm³/mol. The zero-order chi connectivity index (χ0) is 7.72. The second-order valence-corrected chi connectivity index (χ2v) is 1.86. The molecule has 4 nitrogen and oxygen atoms in total. The van der Waals surface area contributed by atoms with Gasteiger partial charge in [-0.25, -0.2) is 4.79 Å². The minimum absolute atomic E-state index is 0.0185. The summed E-state index contributed by atoms with van der Waals surface area (Å²) in [6.45, 7) is 1.39. The van der Waals surface area contributed by atoms with Gasteiger partial charge in [-0.1, -0.05) is 0 Å². The lowest BCUT2D eigenvalue weighted by atomic mass is 10.3. The zero-order valence-electron chi connectivity index (χ0n) is 5.29. The maximum absolute atomic E-state index is 10.4. The Balaban J connectivity index is 3.46. The Bertz CT molecular complexity index is 273. The van der Waals surface area contributed by atoms with E-state index in [-0.39, 0.29) is 11.5 Å². The minimum atomic E-state index is -0.673. The quantitative estimate of drug-likeness (QED) is 0.548. The number of rotatable bonds is 0. The first kappa shape index (κ1) is 6.67. The molecule has 0 amide bonds. The first-order valence-corrected chi connectivity index (χ1v) is 2.64. The monoisotopic (exact) mass is 142 g/mol. The lowest BCUT2D eigenvalue weighted by Gasteiger charge is -1.96. The summed E-state index contributed by atoms with van der Waals surface area (Å²) in [4.78, 5) is 10.4. The van der Waals surface area contributed by atoms with Gasteiger partial charge in [0.2, 0.25) is 0 Å².